The van der Waals surface area contributed by atoms with E-state index in [0.717, 1.165) is 18.2 Å². The Morgan fingerprint density at radius 3 is 2.37 bits per heavy atom. The molecule has 0 aliphatic carbocycles. The molecule has 1 aromatic carbocycles. The predicted octanol–water partition coefficient (Wildman–Crippen LogP) is 3.10. The lowest BCUT2D eigenvalue weighted by Gasteiger charge is -2.04. The average molecular weight is 278 g/mol. The lowest BCUT2D eigenvalue weighted by molar-refractivity contribution is -0.143. The molecule has 2 aromatic rings. The number of alkyl halides is 3. The van der Waals surface area contributed by atoms with Gasteiger partial charge in [-0.1, -0.05) is 5.16 Å². The highest BCUT2D eigenvalue weighted by Gasteiger charge is 2.39. The van der Waals surface area contributed by atoms with Crippen LogP contribution >= 0.6 is 0 Å². The van der Waals surface area contributed by atoms with Gasteiger partial charge in [-0.25, -0.2) is 8.78 Å². The number of nitrogens with zero attached hydrogens (tertiary/aromatic N) is 1. The van der Waals surface area contributed by atoms with Crippen LogP contribution in [0.5, 0.6) is 0 Å². The fraction of sp³-hybridized carbons (Fsp3) is 0.182. The van der Waals surface area contributed by atoms with Crippen LogP contribution in [0, 0.1) is 11.6 Å². The normalized spacial score (nSPS) is 11.9. The molecule has 0 bridgehead atoms. The Kier molecular flexibility index (Phi) is 3.27. The molecule has 0 saturated carbocycles. The van der Waals surface area contributed by atoms with Crippen molar-refractivity contribution in [3.8, 4) is 11.3 Å². The number of aromatic nitrogens is 1. The zero-order valence-corrected chi connectivity index (χ0v) is 9.26. The van der Waals surface area contributed by atoms with E-state index in [-0.39, 0.29) is 11.3 Å². The largest absolute Gasteiger partial charge is 0.437 e. The molecule has 1 heterocycles. The Morgan fingerprint density at radius 1 is 1.16 bits per heavy atom. The van der Waals surface area contributed by atoms with Gasteiger partial charge in [0.1, 0.15) is 0 Å². The van der Waals surface area contributed by atoms with Gasteiger partial charge in [0.05, 0.1) is 0 Å². The summed E-state index contributed by atoms with van der Waals surface area (Å²) in [5, 5.41) is 2.89. The molecule has 3 nitrogen and oxygen atoms in total. The van der Waals surface area contributed by atoms with E-state index in [1.807, 2.05) is 0 Å². The van der Waals surface area contributed by atoms with E-state index in [4.69, 9.17) is 5.73 Å². The number of rotatable bonds is 2. The number of benzene rings is 1. The van der Waals surface area contributed by atoms with Crippen LogP contribution in [-0.4, -0.2) is 5.16 Å². The Hall–Kier alpha value is -1.96. The van der Waals surface area contributed by atoms with Crippen LogP contribution in [0.1, 0.15) is 11.3 Å². The average Bonchev–Trinajstić information content (AvgIpc) is 2.76. The van der Waals surface area contributed by atoms with Crippen LogP contribution in [-0.2, 0) is 12.7 Å². The molecule has 8 heteroatoms. The highest BCUT2D eigenvalue weighted by atomic mass is 19.4. The smallest absolute Gasteiger partial charge is 0.355 e. The maximum absolute atomic E-state index is 13.1. The summed E-state index contributed by atoms with van der Waals surface area (Å²) in [6.45, 7) is -0.493. The van der Waals surface area contributed by atoms with Crippen molar-refractivity contribution < 1.29 is 26.5 Å². The molecule has 0 saturated heterocycles. The number of hydrogen-bond acceptors (Lipinski definition) is 3. The minimum atomic E-state index is -4.73. The Bertz CT molecular complexity index is 606. The first-order valence-electron chi connectivity index (χ1n) is 5.06. The minimum absolute atomic E-state index is 0.0673. The van der Waals surface area contributed by atoms with Gasteiger partial charge < -0.3 is 10.3 Å². The molecule has 0 spiro atoms. The first-order chi connectivity index (χ1) is 8.84. The minimum Gasteiger partial charge on any atom is -0.355 e. The Balaban J connectivity index is 2.57. The Morgan fingerprint density at radius 2 is 1.84 bits per heavy atom. The summed E-state index contributed by atoms with van der Waals surface area (Å²) < 4.78 is 68.2. The van der Waals surface area contributed by atoms with E-state index in [1.165, 1.54) is 0 Å². The van der Waals surface area contributed by atoms with Crippen molar-refractivity contribution in [3.05, 3.63) is 41.1 Å². The third-order valence-electron chi connectivity index (χ3n) is 2.44. The van der Waals surface area contributed by atoms with Crippen molar-refractivity contribution in [2.75, 3.05) is 0 Å². The van der Waals surface area contributed by atoms with Gasteiger partial charge in [-0.15, -0.1) is 0 Å². The zero-order valence-electron chi connectivity index (χ0n) is 9.26. The topological polar surface area (TPSA) is 52.0 Å². The first-order valence-corrected chi connectivity index (χ1v) is 5.06. The van der Waals surface area contributed by atoms with Gasteiger partial charge in [0, 0.05) is 17.7 Å². The monoisotopic (exact) mass is 278 g/mol. The van der Waals surface area contributed by atoms with Gasteiger partial charge in [-0.2, -0.15) is 13.2 Å². The van der Waals surface area contributed by atoms with Crippen LogP contribution in [0.3, 0.4) is 0 Å². The summed E-state index contributed by atoms with van der Waals surface area (Å²) in [5.41, 5.74) is 3.49. The zero-order chi connectivity index (χ0) is 14.2. The summed E-state index contributed by atoms with van der Waals surface area (Å²) in [7, 11) is 0. The van der Waals surface area contributed by atoms with Gasteiger partial charge in [-0.05, 0) is 18.2 Å². The van der Waals surface area contributed by atoms with Gasteiger partial charge >= 0.3 is 6.18 Å². The van der Waals surface area contributed by atoms with Crippen molar-refractivity contribution in [2.24, 2.45) is 5.73 Å². The van der Waals surface area contributed by atoms with E-state index >= 15 is 0 Å². The molecule has 0 amide bonds. The van der Waals surface area contributed by atoms with E-state index in [2.05, 4.69) is 9.68 Å². The van der Waals surface area contributed by atoms with Crippen LogP contribution in [0.4, 0.5) is 22.0 Å². The van der Waals surface area contributed by atoms with Crippen LogP contribution in [0.25, 0.3) is 11.3 Å². The van der Waals surface area contributed by atoms with Crippen molar-refractivity contribution >= 4 is 0 Å². The molecule has 0 unspecified atom stereocenters. The van der Waals surface area contributed by atoms with E-state index < -0.39 is 35.6 Å². The third-order valence-corrected chi connectivity index (χ3v) is 2.44. The molecule has 0 atom stereocenters. The third kappa shape index (κ3) is 2.43. The van der Waals surface area contributed by atoms with Gasteiger partial charge in [0.25, 0.3) is 0 Å². The molecule has 2 rings (SSSR count). The Labute approximate surface area is 103 Å². The summed E-state index contributed by atoms with van der Waals surface area (Å²) in [6, 6.07) is 2.58. The SMILES string of the molecule is NCc1c(C(F)(F)F)noc1-c1ccc(F)c(F)c1. The first kappa shape index (κ1) is 13.5. The highest BCUT2D eigenvalue weighted by molar-refractivity contribution is 5.62. The molecule has 0 fully saturated rings. The molecule has 19 heavy (non-hydrogen) atoms. The van der Waals surface area contributed by atoms with Gasteiger partial charge in [-0.3, -0.25) is 0 Å². The molecular formula is C11H7F5N2O. The van der Waals surface area contributed by atoms with E-state index in [0.29, 0.717) is 0 Å². The summed E-state index contributed by atoms with van der Waals surface area (Å²) in [5.74, 6) is -2.65. The summed E-state index contributed by atoms with van der Waals surface area (Å²) in [6.07, 6.45) is -4.73. The molecule has 102 valence electrons. The second kappa shape index (κ2) is 4.61. The summed E-state index contributed by atoms with van der Waals surface area (Å²) >= 11 is 0. The maximum Gasteiger partial charge on any atom is 0.437 e. The van der Waals surface area contributed by atoms with Crippen LogP contribution in [0.15, 0.2) is 22.7 Å². The lowest BCUT2D eigenvalue weighted by Crippen LogP contribution is -2.11. The van der Waals surface area contributed by atoms with Crippen LogP contribution < -0.4 is 5.73 Å². The number of hydrogen-bond donors (Lipinski definition) is 1. The summed E-state index contributed by atoms with van der Waals surface area (Å²) in [4.78, 5) is 0. The number of nitrogens with two attached hydrogens (primary N) is 1. The van der Waals surface area contributed by atoms with Crippen molar-refractivity contribution in [2.45, 2.75) is 12.7 Å². The molecule has 0 aliphatic heterocycles. The quantitative estimate of drug-likeness (QED) is 0.859. The fourth-order valence-electron chi connectivity index (χ4n) is 1.59. The molecule has 0 radical (unpaired) electrons. The van der Waals surface area contributed by atoms with Gasteiger partial charge in [0.2, 0.25) is 0 Å². The lowest BCUT2D eigenvalue weighted by atomic mass is 10.1. The molecular weight excluding hydrogens is 271 g/mol. The van der Waals surface area contributed by atoms with Gasteiger partial charge in [0.15, 0.2) is 23.1 Å². The predicted molar refractivity (Wildman–Crippen MR) is 54.7 cm³/mol. The second-order valence-electron chi connectivity index (χ2n) is 3.67. The molecule has 1 aromatic heterocycles. The van der Waals surface area contributed by atoms with Crippen LogP contribution in [0.2, 0.25) is 0 Å². The standard InChI is InChI=1S/C11H7F5N2O/c12-7-2-1-5(3-8(7)13)9-6(4-17)10(18-19-9)11(14,15)16/h1-3H,4,17H2. The van der Waals surface area contributed by atoms with Crippen molar-refractivity contribution in [3.63, 3.8) is 0 Å². The number of halogens is 5. The molecule has 0 aliphatic rings. The van der Waals surface area contributed by atoms with Crippen molar-refractivity contribution in [1.82, 2.24) is 5.16 Å². The van der Waals surface area contributed by atoms with E-state index in [1.54, 1.807) is 0 Å². The van der Waals surface area contributed by atoms with E-state index in [9.17, 15) is 22.0 Å². The second-order valence-corrected chi connectivity index (χ2v) is 3.67. The molecule has 2 N–H and O–H groups in total. The maximum atomic E-state index is 13.1. The fourth-order valence-corrected chi connectivity index (χ4v) is 1.59. The highest BCUT2D eigenvalue weighted by Crippen LogP contribution is 2.36. The van der Waals surface area contributed by atoms with Crippen molar-refractivity contribution in [1.29, 1.82) is 0 Å².